The zero-order chi connectivity index (χ0) is 12.5. The van der Waals surface area contributed by atoms with Crippen LogP contribution in [0.15, 0.2) is 30.3 Å². The van der Waals surface area contributed by atoms with Gasteiger partial charge in [-0.1, -0.05) is 30.3 Å². The van der Waals surface area contributed by atoms with Crippen LogP contribution in [0.4, 0.5) is 4.79 Å². The van der Waals surface area contributed by atoms with Crippen LogP contribution in [0.2, 0.25) is 0 Å². The number of benzene rings is 1. The van der Waals surface area contributed by atoms with E-state index in [0.29, 0.717) is 13.0 Å². The van der Waals surface area contributed by atoms with Crippen molar-refractivity contribution in [3.63, 3.8) is 0 Å². The lowest BCUT2D eigenvalue weighted by atomic mass is 10.1. The molecule has 0 atom stereocenters. The first-order valence-corrected chi connectivity index (χ1v) is 5.10. The first kappa shape index (κ1) is 13.0. The van der Waals surface area contributed by atoms with Crippen LogP contribution in [0.1, 0.15) is 5.56 Å². The third kappa shape index (κ3) is 6.16. The maximum Gasteiger partial charge on any atom is 0.338 e. The van der Waals surface area contributed by atoms with Crippen LogP contribution in [0.3, 0.4) is 0 Å². The molecule has 1 aromatic rings. The normalized spacial score (nSPS) is 9.65. The summed E-state index contributed by atoms with van der Waals surface area (Å²) < 4.78 is 0. The Morgan fingerprint density at radius 3 is 2.59 bits per heavy atom. The summed E-state index contributed by atoms with van der Waals surface area (Å²) in [5.41, 5.74) is 3.08. The van der Waals surface area contributed by atoms with Gasteiger partial charge < -0.3 is 10.4 Å². The molecule has 17 heavy (non-hydrogen) atoms. The van der Waals surface area contributed by atoms with Gasteiger partial charge in [0.1, 0.15) is 0 Å². The topological polar surface area (TPSA) is 87.7 Å². The molecule has 0 aliphatic heterocycles. The number of aliphatic carboxylic acids is 1. The van der Waals surface area contributed by atoms with Crippen molar-refractivity contribution in [3.05, 3.63) is 35.9 Å². The first-order chi connectivity index (χ1) is 8.18. The number of amides is 2. The Bertz CT molecular complexity index is 367. The molecule has 3 N–H and O–H groups in total. The number of rotatable bonds is 6. The number of nitrogens with one attached hydrogen (secondary N) is 2. The largest absolute Gasteiger partial charge is 0.479 e. The monoisotopic (exact) mass is 238 g/mol. The zero-order valence-electron chi connectivity index (χ0n) is 9.18. The van der Waals surface area contributed by atoms with Crippen molar-refractivity contribution in [2.24, 2.45) is 0 Å². The van der Waals surface area contributed by atoms with E-state index in [1.54, 1.807) is 0 Å². The number of hydrogen-bond acceptors (Lipinski definition) is 3. The van der Waals surface area contributed by atoms with E-state index in [9.17, 15) is 9.59 Å². The molecule has 0 radical (unpaired) electrons. The predicted octanol–water partition coefficient (Wildman–Crippen LogP) is 0.545. The minimum Gasteiger partial charge on any atom is -0.479 e. The molecule has 0 heterocycles. The summed E-state index contributed by atoms with van der Waals surface area (Å²) in [5, 5.41) is 10.8. The van der Waals surface area contributed by atoms with Crippen LogP contribution in [-0.2, 0) is 16.1 Å². The summed E-state index contributed by atoms with van der Waals surface area (Å²) in [4.78, 5) is 25.6. The highest BCUT2D eigenvalue weighted by atomic mass is 16.7. The Balaban J connectivity index is 2.10. The van der Waals surface area contributed by atoms with E-state index < -0.39 is 18.6 Å². The zero-order valence-corrected chi connectivity index (χ0v) is 9.18. The average molecular weight is 238 g/mol. The molecular formula is C11H14N2O4. The fraction of sp³-hybridized carbons (Fsp3) is 0.273. The molecule has 0 aromatic heterocycles. The standard InChI is InChI=1S/C11H14N2O4/c14-10(15)8-17-13-11(16)12-7-6-9-4-2-1-3-5-9/h1-5H,6-8H2,(H,14,15)(H2,12,13,16). The highest BCUT2D eigenvalue weighted by Gasteiger charge is 2.01. The van der Waals surface area contributed by atoms with E-state index in [1.165, 1.54) is 0 Å². The van der Waals surface area contributed by atoms with Crippen molar-refractivity contribution in [2.45, 2.75) is 6.42 Å². The SMILES string of the molecule is O=C(O)CONC(=O)NCCc1ccccc1. The van der Waals surface area contributed by atoms with Crippen LogP contribution in [-0.4, -0.2) is 30.3 Å². The minimum absolute atomic E-state index is 0.451. The number of urea groups is 1. The smallest absolute Gasteiger partial charge is 0.338 e. The maximum absolute atomic E-state index is 11.1. The summed E-state index contributed by atoms with van der Waals surface area (Å²) in [6.07, 6.45) is 0.702. The van der Waals surface area contributed by atoms with Gasteiger partial charge >= 0.3 is 12.0 Å². The van der Waals surface area contributed by atoms with Crippen molar-refractivity contribution < 1.29 is 19.5 Å². The number of carbonyl (C=O) groups excluding carboxylic acids is 1. The van der Waals surface area contributed by atoms with Gasteiger partial charge in [0.25, 0.3) is 0 Å². The molecule has 6 heteroatoms. The summed E-state index contributed by atoms with van der Waals surface area (Å²) in [6, 6.07) is 9.13. The van der Waals surface area contributed by atoms with Crippen molar-refractivity contribution in [3.8, 4) is 0 Å². The molecule has 0 saturated carbocycles. The molecule has 92 valence electrons. The second-order valence-corrected chi connectivity index (χ2v) is 3.28. The molecule has 0 saturated heterocycles. The van der Waals surface area contributed by atoms with E-state index in [-0.39, 0.29) is 0 Å². The lowest BCUT2D eigenvalue weighted by Gasteiger charge is -2.06. The summed E-state index contributed by atoms with van der Waals surface area (Å²) in [5.74, 6) is -1.14. The lowest BCUT2D eigenvalue weighted by Crippen LogP contribution is -2.37. The average Bonchev–Trinajstić information content (AvgIpc) is 2.30. The Hall–Kier alpha value is -2.08. The van der Waals surface area contributed by atoms with Crippen LogP contribution in [0.25, 0.3) is 0 Å². The second kappa shape index (κ2) is 7.24. The minimum atomic E-state index is -1.14. The highest BCUT2D eigenvalue weighted by Crippen LogP contribution is 1.97. The van der Waals surface area contributed by atoms with Gasteiger partial charge in [-0.05, 0) is 12.0 Å². The van der Waals surface area contributed by atoms with E-state index in [4.69, 9.17) is 5.11 Å². The Morgan fingerprint density at radius 1 is 1.24 bits per heavy atom. The molecule has 1 aromatic carbocycles. The number of carboxylic acids is 1. The quantitative estimate of drug-likeness (QED) is 0.631. The third-order valence-electron chi connectivity index (χ3n) is 1.90. The van der Waals surface area contributed by atoms with Crippen molar-refractivity contribution in [1.82, 2.24) is 10.8 Å². The number of hydrogen-bond donors (Lipinski definition) is 3. The van der Waals surface area contributed by atoms with E-state index in [1.807, 2.05) is 35.8 Å². The molecule has 0 bridgehead atoms. The number of carboxylic acid groups (broad SMARTS) is 1. The summed E-state index contributed by atoms with van der Waals surface area (Å²) >= 11 is 0. The lowest BCUT2D eigenvalue weighted by molar-refractivity contribution is -0.144. The highest BCUT2D eigenvalue weighted by molar-refractivity contribution is 5.73. The molecule has 0 spiro atoms. The van der Waals surface area contributed by atoms with Gasteiger partial charge in [0.05, 0.1) is 0 Å². The van der Waals surface area contributed by atoms with Gasteiger partial charge in [-0.3, -0.25) is 4.84 Å². The number of carbonyl (C=O) groups is 2. The Labute approximate surface area is 98.5 Å². The maximum atomic E-state index is 11.1. The van der Waals surface area contributed by atoms with Crippen LogP contribution in [0, 0.1) is 0 Å². The van der Waals surface area contributed by atoms with Gasteiger partial charge in [0.2, 0.25) is 0 Å². The first-order valence-electron chi connectivity index (χ1n) is 5.10. The van der Waals surface area contributed by atoms with Crippen molar-refractivity contribution in [2.75, 3.05) is 13.2 Å². The van der Waals surface area contributed by atoms with Crippen molar-refractivity contribution >= 4 is 12.0 Å². The molecule has 0 aliphatic carbocycles. The van der Waals surface area contributed by atoms with Crippen LogP contribution < -0.4 is 10.8 Å². The molecule has 6 nitrogen and oxygen atoms in total. The van der Waals surface area contributed by atoms with Gasteiger partial charge in [0, 0.05) is 6.54 Å². The van der Waals surface area contributed by atoms with E-state index in [2.05, 4.69) is 10.2 Å². The van der Waals surface area contributed by atoms with Gasteiger partial charge in [0.15, 0.2) is 6.61 Å². The molecule has 0 fully saturated rings. The van der Waals surface area contributed by atoms with E-state index in [0.717, 1.165) is 5.56 Å². The predicted molar refractivity (Wildman–Crippen MR) is 60.3 cm³/mol. The molecule has 0 unspecified atom stereocenters. The molecular weight excluding hydrogens is 224 g/mol. The van der Waals surface area contributed by atoms with Gasteiger partial charge in [-0.15, -0.1) is 0 Å². The third-order valence-corrected chi connectivity index (χ3v) is 1.90. The molecule has 2 amide bonds. The Morgan fingerprint density at radius 2 is 1.94 bits per heavy atom. The fourth-order valence-electron chi connectivity index (χ4n) is 1.16. The second-order valence-electron chi connectivity index (χ2n) is 3.28. The summed E-state index contributed by atoms with van der Waals surface area (Å²) in [6.45, 7) is -0.113. The van der Waals surface area contributed by atoms with Crippen molar-refractivity contribution in [1.29, 1.82) is 0 Å². The van der Waals surface area contributed by atoms with Crippen LogP contribution >= 0.6 is 0 Å². The van der Waals surface area contributed by atoms with Gasteiger partial charge in [-0.25, -0.2) is 15.1 Å². The summed E-state index contributed by atoms with van der Waals surface area (Å²) in [7, 11) is 0. The van der Waals surface area contributed by atoms with Crippen LogP contribution in [0.5, 0.6) is 0 Å². The Kier molecular flexibility index (Phi) is 5.53. The molecule has 0 aliphatic rings. The fourth-order valence-corrected chi connectivity index (χ4v) is 1.16. The van der Waals surface area contributed by atoms with Gasteiger partial charge in [-0.2, -0.15) is 0 Å². The number of hydroxylamine groups is 1. The molecule has 1 rings (SSSR count). The van der Waals surface area contributed by atoms with E-state index >= 15 is 0 Å².